The molecule has 0 amide bonds. The lowest BCUT2D eigenvalue weighted by molar-refractivity contribution is 0.330. The van der Waals surface area contributed by atoms with Crippen molar-refractivity contribution in [3.05, 3.63) is 41.7 Å². The van der Waals surface area contributed by atoms with E-state index in [1.165, 1.54) is 0 Å². The fourth-order valence-corrected chi connectivity index (χ4v) is 4.09. The van der Waals surface area contributed by atoms with Crippen molar-refractivity contribution in [3.63, 3.8) is 0 Å². The maximum atomic E-state index is 11.4. The first-order valence-electron chi connectivity index (χ1n) is 8.74. The molecule has 0 radical (unpaired) electrons. The fourth-order valence-electron chi connectivity index (χ4n) is 3.58. The fraction of sp³-hybridized carbons (Fsp3) is 0.526. The molecule has 2 atom stereocenters. The predicted molar refractivity (Wildman–Crippen MR) is 102 cm³/mol. The van der Waals surface area contributed by atoms with Crippen molar-refractivity contribution in [2.75, 3.05) is 11.9 Å². The second-order valence-electron chi connectivity index (χ2n) is 8.73. The predicted octanol–water partition coefficient (Wildman–Crippen LogP) is 3.47. The second kappa shape index (κ2) is 6.09. The number of aromatic nitrogens is 1. The van der Waals surface area contributed by atoms with Gasteiger partial charge in [-0.1, -0.05) is 51.9 Å². The largest absolute Gasteiger partial charge is 0.367 e. The minimum atomic E-state index is -3.65. The van der Waals surface area contributed by atoms with Crippen LogP contribution in [0.3, 0.4) is 0 Å². The maximum Gasteiger partial charge on any atom is 0.238 e. The summed E-state index contributed by atoms with van der Waals surface area (Å²) in [5, 5.41) is 12.6. The molecule has 0 unspecified atom stereocenters. The Bertz CT molecular complexity index is 893. The van der Waals surface area contributed by atoms with Crippen LogP contribution in [0.15, 0.2) is 39.8 Å². The Kier molecular flexibility index (Phi) is 4.43. The van der Waals surface area contributed by atoms with E-state index in [0.717, 1.165) is 23.7 Å². The summed E-state index contributed by atoms with van der Waals surface area (Å²) in [4.78, 5) is 0.145. The van der Waals surface area contributed by atoms with Gasteiger partial charge in [0.2, 0.25) is 10.0 Å². The zero-order valence-electron chi connectivity index (χ0n) is 15.9. The van der Waals surface area contributed by atoms with E-state index >= 15 is 0 Å². The lowest BCUT2D eigenvalue weighted by atomic mass is 9.93. The highest BCUT2D eigenvalue weighted by Crippen LogP contribution is 2.64. The molecule has 1 aliphatic carbocycles. The molecule has 1 aliphatic rings. The maximum absolute atomic E-state index is 11.4. The number of nitrogens with zero attached hydrogens (tertiary/aromatic N) is 1. The molecule has 1 fully saturated rings. The number of rotatable bonds is 5. The zero-order chi connectivity index (χ0) is 19.3. The summed E-state index contributed by atoms with van der Waals surface area (Å²) >= 11 is 0. The average molecular weight is 378 g/mol. The van der Waals surface area contributed by atoms with Gasteiger partial charge in [-0.3, -0.25) is 0 Å². The summed E-state index contributed by atoms with van der Waals surface area (Å²) in [5.41, 5.74) is 1.19. The number of benzene rings is 1. The van der Waals surface area contributed by atoms with Gasteiger partial charge in [0.05, 0.1) is 4.90 Å². The van der Waals surface area contributed by atoms with E-state index in [4.69, 9.17) is 9.66 Å². The molecule has 1 aromatic heterocycles. The van der Waals surface area contributed by atoms with Crippen LogP contribution in [0.25, 0.3) is 0 Å². The number of sulfonamides is 1. The quantitative estimate of drug-likeness (QED) is 0.831. The van der Waals surface area contributed by atoms with Gasteiger partial charge in [0, 0.05) is 18.0 Å². The van der Waals surface area contributed by atoms with E-state index in [9.17, 15) is 8.42 Å². The topological polar surface area (TPSA) is 98.2 Å². The van der Waals surface area contributed by atoms with Gasteiger partial charge in [0.15, 0.2) is 5.82 Å². The Hall–Kier alpha value is -1.86. The van der Waals surface area contributed by atoms with Crippen LogP contribution >= 0.6 is 0 Å². The molecule has 0 aliphatic heterocycles. The Morgan fingerprint density at radius 2 is 1.85 bits per heavy atom. The third kappa shape index (κ3) is 3.64. The second-order valence-corrected chi connectivity index (χ2v) is 10.3. The Balaban J connectivity index is 1.67. The molecule has 0 spiro atoms. The van der Waals surface area contributed by atoms with Crippen LogP contribution < -0.4 is 10.5 Å². The van der Waals surface area contributed by atoms with Gasteiger partial charge >= 0.3 is 0 Å². The molecule has 3 N–H and O–H groups in total. The number of anilines is 1. The van der Waals surface area contributed by atoms with Crippen LogP contribution in [0.1, 0.15) is 51.9 Å². The molecule has 1 saturated carbocycles. The van der Waals surface area contributed by atoms with Crippen molar-refractivity contribution in [1.82, 2.24) is 5.16 Å². The van der Waals surface area contributed by atoms with Crippen LogP contribution in [0.2, 0.25) is 0 Å². The molecular formula is C19H27N3O3S. The lowest BCUT2D eigenvalue weighted by Gasteiger charge is -2.12. The van der Waals surface area contributed by atoms with Crippen LogP contribution in [0.4, 0.5) is 5.82 Å². The van der Waals surface area contributed by atoms with E-state index in [0.29, 0.717) is 11.8 Å². The first-order chi connectivity index (χ1) is 11.9. The van der Waals surface area contributed by atoms with Crippen LogP contribution in [0.5, 0.6) is 0 Å². The van der Waals surface area contributed by atoms with E-state index in [-0.39, 0.29) is 15.7 Å². The molecule has 1 heterocycles. The number of hydrogen-bond acceptors (Lipinski definition) is 5. The molecule has 1 aromatic carbocycles. The average Bonchev–Trinajstić information content (AvgIpc) is 2.85. The van der Waals surface area contributed by atoms with Crippen LogP contribution in [-0.4, -0.2) is 20.1 Å². The molecule has 7 heteroatoms. The summed E-state index contributed by atoms with van der Waals surface area (Å²) in [7, 11) is -3.65. The van der Waals surface area contributed by atoms with E-state index in [1.54, 1.807) is 12.1 Å². The SMILES string of the molecule is CC(C)(C)c1cc(NC[C@@H]2[C@@H](c3ccc(S(N)(=O)=O)cc3)C2(C)C)no1. The lowest BCUT2D eigenvalue weighted by Crippen LogP contribution is -2.11. The van der Waals surface area contributed by atoms with Crippen molar-refractivity contribution < 1.29 is 12.9 Å². The molecular weight excluding hydrogens is 350 g/mol. The van der Waals surface area contributed by atoms with Crippen molar-refractivity contribution >= 4 is 15.8 Å². The summed E-state index contributed by atoms with van der Waals surface area (Å²) in [6.45, 7) is 11.5. The number of primary sulfonamides is 1. The van der Waals surface area contributed by atoms with Crippen molar-refractivity contribution in [1.29, 1.82) is 0 Å². The van der Waals surface area contributed by atoms with Crippen molar-refractivity contribution in [3.8, 4) is 0 Å². The molecule has 0 saturated heterocycles. The molecule has 2 aromatic rings. The Labute approximate surface area is 155 Å². The smallest absolute Gasteiger partial charge is 0.238 e. The highest BCUT2D eigenvalue weighted by molar-refractivity contribution is 7.89. The van der Waals surface area contributed by atoms with Crippen molar-refractivity contribution in [2.24, 2.45) is 16.5 Å². The van der Waals surface area contributed by atoms with Gasteiger partial charge in [-0.05, 0) is 34.9 Å². The third-order valence-electron chi connectivity index (χ3n) is 5.37. The van der Waals surface area contributed by atoms with Crippen molar-refractivity contribution in [2.45, 2.75) is 50.8 Å². The molecule has 6 nitrogen and oxygen atoms in total. The third-order valence-corrected chi connectivity index (χ3v) is 6.30. The molecule has 26 heavy (non-hydrogen) atoms. The minimum absolute atomic E-state index is 0.0700. The highest BCUT2D eigenvalue weighted by atomic mass is 32.2. The summed E-state index contributed by atoms with van der Waals surface area (Å²) < 4.78 is 28.2. The Morgan fingerprint density at radius 1 is 1.23 bits per heavy atom. The summed E-state index contributed by atoms with van der Waals surface area (Å²) in [5.74, 6) is 2.39. The first kappa shape index (κ1) is 18.9. The molecule has 3 rings (SSSR count). The van der Waals surface area contributed by atoms with Crippen LogP contribution in [-0.2, 0) is 15.4 Å². The Morgan fingerprint density at radius 3 is 2.35 bits per heavy atom. The van der Waals surface area contributed by atoms with E-state index in [2.05, 4.69) is 45.1 Å². The van der Waals surface area contributed by atoms with Gasteiger partial charge < -0.3 is 9.84 Å². The van der Waals surface area contributed by atoms with Gasteiger partial charge in [-0.25, -0.2) is 13.6 Å². The van der Waals surface area contributed by atoms with E-state index in [1.807, 2.05) is 18.2 Å². The van der Waals surface area contributed by atoms with Gasteiger partial charge in [-0.2, -0.15) is 0 Å². The van der Waals surface area contributed by atoms with Gasteiger partial charge in [0.1, 0.15) is 5.76 Å². The first-order valence-corrected chi connectivity index (χ1v) is 10.3. The standard InChI is InChI=1S/C19H27N3O3S/c1-18(2,3)15-10-16(22-25-15)21-11-14-17(19(14,4)5)12-6-8-13(9-7-12)26(20,23)24/h6-10,14,17H,11H2,1-5H3,(H,21,22)(H2,20,23,24)/t14-,17-/m1/s1. The van der Waals surface area contributed by atoms with Gasteiger partial charge in [0.25, 0.3) is 0 Å². The number of nitrogens with two attached hydrogens (primary N) is 1. The van der Waals surface area contributed by atoms with E-state index < -0.39 is 10.0 Å². The highest BCUT2D eigenvalue weighted by Gasteiger charge is 2.57. The number of hydrogen-bond donors (Lipinski definition) is 2. The molecule has 0 bridgehead atoms. The van der Waals surface area contributed by atoms with Crippen LogP contribution in [0, 0.1) is 11.3 Å². The zero-order valence-corrected chi connectivity index (χ0v) is 16.7. The van der Waals surface area contributed by atoms with Gasteiger partial charge in [-0.15, -0.1) is 0 Å². The minimum Gasteiger partial charge on any atom is -0.367 e. The summed E-state index contributed by atoms with van der Waals surface area (Å²) in [6.07, 6.45) is 0. The molecule has 142 valence electrons. The monoisotopic (exact) mass is 377 g/mol. The summed E-state index contributed by atoms with van der Waals surface area (Å²) in [6, 6.07) is 8.83. The normalized spacial score (nSPS) is 22.2. The number of nitrogens with one attached hydrogen (secondary N) is 1.